The van der Waals surface area contributed by atoms with Gasteiger partial charge in [-0.15, -0.1) is 0 Å². The van der Waals surface area contributed by atoms with Crippen molar-refractivity contribution in [2.24, 2.45) is 0 Å². The van der Waals surface area contributed by atoms with Crippen LogP contribution in [0.5, 0.6) is 11.5 Å². The molecule has 6 heteroatoms. The molecule has 0 bridgehead atoms. The van der Waals surface area contributed by atoms with E-state index in [1.807, 2.05) is 0 Å². The maximum atomic E-state index is 12.1. The number of furan rings is 1. The number of carbonyl (C=O) groups excluding carboxylic acids is 1. The van der Waals surface area contributed by atoms with Gasteiger partial charge in [0.25, 0.3) is 5.91 Å². The molecule has 5 nitrogen and oxygen atoms in total. The minimum atomic E-state index is -0.158. The molecule has 106 valence electrons. The van der Waals surface area contributed by atoms with E-state index < -0.39 is 0 Å². The number of rotatable bonds is 4. The van der Waals surface area contributed by atoms with Gasteiger partial charge in [0.2, 0.25) is 0 Å². The van der Waals surface area contributed by atoms with E-state index in [1.165, 1.54) is 13.4 Å². The second kappa shape index (κ2) is 6.00. The third-order valence-electron chi connectivity index (χ3n) is 2.82. The number of hydrogen-bond acceptors (Lipinski definition) is 4. The molecule has 0 aliphatic heterocycles. The number of ether oxygens (including phenoxy) is 1. The van der Waals surface area contributed by atoms with Crippen molar-refractivity contribution in [3.63, 3.8) is 0 Å². The molecule has 0 saturated heterocycles. The van der Waals surface area contributed by atoms with Gasteiger partial charge in [-0.25, -0.2) is 0 Å². The number of phenolic OH excluding ortho intramolecular Hbond substituents is 1. The van der Waals surface area contributed by atoms with E-state index in [1.54, 1.807) is 36.2 Å². The molecule has 0 atom stereocenters. The topological polar surface area (TPSA) is 62.9 Å². The summed E-state index contributed by atoms with van der Waals surface area (Å²) in [4.78, 5) is 13.7. The molecule has 1 aromatic heterocycles. The van der Waals surface area contributed by atoms with Crippen LogP contribution in [0.1, 0.15) is 15.9 Å². The van der Waals surface area contributed by atoms with Crippen LogP contribution in [-0.4, -0.2) is 30.1 Å². The molecular weight excluding hydrogens is 326 g/mol. The molecule has 0 radical (unpaired) electrons. The first-order valence-corrected chi connectivity index (χ1v) is 6.66. The van der Waals surface area contributed by atoms with Gasteiger partial charge < -0.3 is 19.2 Å². The summed E-state index contributed by atoms with van der Waals surface area (Å²) in [6.45, 7) is 0.374. The highest BCUT2D eigenvalue weighted by Gasteiger charge is 2.15. The Kier molecular flexibility index (Phi) is 4.34. The summed E-state index contributed by atoms with van der Waals surface area (Å²) < 4.78 is 10.5. The largest absolute Gasteiger partial charge is 0.504 e. The fraction of sp³-hybridized carbons (Fsp3) is 0.214. The molecule has 1 aromatic carbocycles. The fourth-order valence-electron chi connectivity index (χ4n) is 1.82. The Labute approximate surface area is 124 Å². The first-order valence-electron chi connectivity index (χ1n) is 5.86. The van der Waals surface area contributed by atoms with E-state index in [9.17, 15) is 9.90 Å². The number of aromatic hydroxyl groups is 1. The summed E-state index contributed by atoms with van der Waals surface area (Å²) in [6.07, 6.45) is 1.40. The van der Waals surface area contributed by atoms with Crippen LogP contribution in [0.4, 0.5) is 0 Å². The average Bonchev–Trinajstić information content (AvgIpc) is 2.84. The number of hydrogen-bond donors (Lipinski definition) is 1. The van der Waals surface area contributed by atoms with Crippen molar-refractivity contribution in [1.29, 1.82) is 0 Å². The molecule has 0 aliphatic carbocycles. The van der Waals surface area contributed by atoms with Gasteiger partial charge in [0.05, 0.1) is 12.7 Å². The van der Waals surface area contributed by atoms with Crippen LogP contribution in [0.25, 0.3) is 0 Å². The highest BCUT2D eigenvalue weighted by atomic mass is 79.9. The van der Waals surface area contributed by atoms with Crippen molar-refractivity contribution in [1.82, 2.24) is 4.90 Å². The lowest BCUT2D eigenvalue weighted by atomic mass is 10.2. The van der Waals surface area contributed by atoms with Gasteiger partial charge in [-0.05, 0) is 33.6 Å². The predicted molar refractivity (Wildman–Crippen MR) is 76.9 cm³/mol. The first kappa shape index (κ1) is 14.5. The predicted octanol–water partition coefficient (Wildman–Crippen LogP) is 3.03. The maximum Gasteiger partial charge on any atom is 0.257 e. The number of methoxy groups -OCH3 is 1. The summed E-state index contributed by atoms with van der Waals surface area (Å²) in [6, 6.07) is 6.66. The van der Waals surface area contributed by atoms with Crippen LogP contribution < -0.4 is 4.74 Å². The zero-order valence-electron chi connectivity index (χ0n) is 11.1. The third kappa shape index (κ3) is 3.14. The van der Waals surface area contributed by atoms with E-state index in [2.05, 4.69) is 15.9 Å². The zero-order chi connectivity index (χ0) is 14.7. The summed E-state index contributed by atoms with van der Waals surface area (Å²) in [7, 11) is 3.17. The summed E-state index contributed by atoms with van der Waals surface area (Å²) in [5, 5.41) is 9.71. The van der Waals surface area contributed by atoms with Crippen LogP contribution in [0.15, 0.2) is 39.6 Å². The number of benzene rings is 1. The second-order valence-electron chi connectivity index (χ2n) is 4.31. The Balaban J connectivity index is 2.09. The molecule has 1 N–H and O–H groups in total. The Hall–Kier alpha value is -1.95. The van der Waals surface area contributed by atoms with E-state index in [-0.39, 0.29) is 11.7 Å². The zero-order valence-corrected chi connectivity index (χ0v) is 12.7. The monoisotopic (exact) mass is 339 g/mol. The van der Waals surface area contributed by atoms with Crippen molar-refractivity contribution in [2.75, 3.05) is 14.2 Å². The minimum Gasteiger partial charge on any atom is -0.504 e. The number of phenols is 1. The normalized spacial score (nSPS) is 10.3. The maximum absolute atomic E-state index is 12.1. The molecule has 0 unspecified atom stereocenters. The van der Waals surface area contributed by atoms with Crippen molar-refractivity contribution in [3.8, 4) is 11.5 Å². The molecule has 1 heterocycles. The minimum absolute atomic E-state index is 0.0527. The molecule has 0 aliphatic rings. The lowest BCUT2D eigenvalue weighted by Gasteiger charge is -2.16. The smallest absolute Gasteiger partial charge is 0.257 e. The van der Waals surface area contributed by atoms with E-state index in [4.69, 9.17) is 9.15 Å². The molecule has 2 aromatic rings. The SMILES string of the molecule is COc1ccc(CN(C)C(=O)c2coc(Br)c2)cc1O. The summed E-state index contributed by atoms with van der Waals surface area (Å²) in [5.41, 5.74) is 1.28. The quantitative estimate of drug-likeness (QED) is 0.929. The molecular formula is C14H14BrNO4. The Bertz CT molecular complexity index is 623. The molecule has 20 heavy (non-hydrogen) atoms. The Morgan fingerprint density at radius 3 is 2.75 bits per heavy atom. The van der Waals surface area contributed by atoms with Gasteiger partial charge in [0.1, 0.15) is 6.26 Å². The van der Waals surface area contributed by atoms with Crippen LogP contribution >= 0.6 is 15.9 Å². The highest BCUT2D eigenvalue weighted by molar-refractivity contribution is 9.10. The number of halogens is 1. The van der Waals surface area contributed by atoms with Gasteiger partial charge >= 0.3 is 0 Å². The second-order valence-corrected chi connectivity index (χ2v) is 5.09. The molecule has 1 amide bonds. The van der Waals surface area contributed by atoms with Gasteiger partial charge in [-0.3, -0.25) is 4.79 Å². The number of carbonyl (C=O) groups is 1. The van der Waals surface area contributed by atoms with E-state index >= 15 is 0 Å². The third-order valence-corrected chi connectivity index (χ3v) is 3.24. The molecule has 0 spiro atoms. The van der Waals surface area contributed by atoms with Crippen LogP contribution in [0.2, 0.25) is 0 Å². The van der Waals surface area contributed by atoms with Gasteiger partial charge in [0.15, 0.2) is 16.2 Å². The summed E-state index contributed by atoms with van der Waals surface area (Å²) >= 11 is 3.16. The number of nitrogens with zero attached hydrogens (tertiary/aromatic N) is 1. The van der Waals surface area contributed by atoms with E-state index in [0.29, 0.717) is 22.5 Å². The number of amides is 1. The van der Waals surface area contributed by atoms with E-state index in [0.717, 1.165) is 5.56 Å². The average molecular weight is 340 g/mol. The van der Waals surface area contributed by atoms with Crippen molar-refractivity contribution < 1.29 is 19.1 Å². The van der Waals surface area contributed by atoms with Crippen molar-refractivity contribution in [2.45, 2.75) is 6.54 Å². The van der Waals surface area contributed by atoms with Crippen molar-refractivity contribution >= 4 is 21.8 Å². The van der Waals surface area contributed by atoms with Crippen LogP contribution in [-0.2, 0) is 6.54 Å². The molecule has 0 saturated carbocycles. The lowest BCUT2D eigenvalue weighted by molar-refractivity contribution is 0.0784. The molecule has 2 rings (SSSR count). The fourth-order valence-corrected chi connectivity index (χ4v) is 2.16. The van der Waals surface area contributed by atoms with Crippen molar-refractivity contribution in [3.05, 3.63) is 46.3 Å². The Morgan fingerprint density at radius 1 is 1.45 bits per heavy atom. The van der Waals surface area contributed by atoms with Crippen LogP contribution in [0, 0.1) is 0 Å². The lowest BCUT2D eigenvalue weighted by Crippen LogP contribution is -2.25. The Morgan fingerprint density at radius 2 is 2.20 bits per heavy atom. The molecule has 0 fully saturated rings. The van der Waals surface area contributed by atoms with Gasteiger partial charge in [0, 0.05) is 19.7 Å². The summed E-state index contributed by atoms with van der Waals surface area (Å²) in [5.74, 6) is 0.299. The highest BCUT2D eigenvalue weighted by Crippen LogP contribution is 2.26. The first-order chi connectivity index (χ1) is 9.51. The standard InChI is InChI=1S/C14H14BrNO4/c1-16(14(18)10-6-13(15)20-8-10)7-9-3-4-12(19-2)11(17)5-9/h3-6,8,17H,7H2,1-2H3. The van der Waals surface area contributed by atoms with Gasteiger partial charge in [-0.2, -0.15) is 0 Å². The van der Waals surface area contributed by atoms with Gasteiger partial charge in [-0.1, -0.05) is 6.07 Å². The van der Waals surface area contributed by atoms with Crippen LogP contribution in [0.3, 0.4) is 0 Å².